The molecule has 2 aromatic carbocycles. The van der Waals surface area contributed by atoms with Gasteiger partial charge in [-0.3, -0.25) is 0 Å². The molecule has 0 aromatic heterocycles. The van der Waals surface area contributed by atoms with Crippen LogP contribution < -0.4 is 14.2 Å². The highest BCUT2D eigenvalue weighted by molar-refractivity contribution is 5.75. The molecular formula is C19H19FO5. The van der Waals surface area contributed by atoms with Gasteiger partial charge < -0.3 is 18.9 Å². The van der Waals surface area contributed by atoms with Gasteiger partial charge in [-0.1, -0.05) is 19.9 Å². The number of ether oxygens (including phenoxy) is 4. The first-order valence-corrected chi connectivity index (χ1v) is 8.00. The minimum atomic E-state index is -0.778. The van der Waals surface area contributed by atoms with Crippen molar-refractivity contribution < 1.29 is 28.1 Å². The Balaban J connectivity index is 1.61. The van der Waals surface area contributed by atoms with Gasteiger partial charge in [0, 0.05) is 5.92 Å². The maximum atomic E-state index is 13.0. The minimum absolute atomic E-state index is 0.102. The molecule has 132 valence electrons. The fourth-order valence-corrected chi connectivity index (χ4v) is 2.38. The molecule has 1 unspecified atom stereocenters. The van der Waals surface area contributed by atoms with Gasteiger partial charge >= 0.3 is 5.97 Å². The normalized spacial score (nSPS) is 13.6. The summed E-state index contributed by atoms with van der Waals surface area (Å²) in [5, 5.41) is 0. The Bertz CT molecular complexity index is 742. The van der Waals surface area contributed by atoms with Gasteiger partial charge in [0.15, 0.2) is 17.6 Å². The zero-order valence-corrected chi connectivity index (χ0v) is 14.0. The van der Waals surface area contributed by atoms with Gasteiger partial charge in [0.1, 0.15) is 18.2 Å². The molecule has 1 aliphatic heterocycles. The highest BCUT2D eigenvalue weighted by Gasteiger charge is 2.26. The van der Waals surface area contributed by atoms with Crippen LogP contribution in [0.1, 0.15) is 19.4 Å². The number of halogens is 1. The van der Waals surface area contributed by atoms with Crippen molar-refractivity contribution in [1.82, 2.24) is 0 Å². The SMILES string of the molecule is CC(C)C(Oc1ccc(F)cc1)C(=O)OCc1ccc2c(c1)OCO2. The Kier molecular flexibility index (Phi) is 5.07. The number of benzene rings is 2. The van der Waals surface area contributed by atoms with E-state index in [-0.39, 0.29) is 25.1 Å². The standard InChI is InChI=1S/C19H19FO5/c1-12(2)18(25-15-6-4-14(20)5-7-15)19(21)22-10-13-3-8-16-17(9-13)24-11-23-16/h3-9,12,18H,10-11H2,1-2H3. The van der Waals surface area contributed by atoms with E-state index in [4.69, 9.17) is 18.9 Å². The van der Waals surface area contributed by atoms with E-state index >= 15 is 0 Å². The van der Waals surface area contributed by atoms with Crippen LogP contribution >= 0.6 is 0 Å². The fourth-order valence-electron chi connectivity index (χ4n) is 2.38. The predicted molar refractivity (Wildman–Crippen MR) is 88.0 cm³/mol. The van der Waals surface area contributed by atoms with E-state index in [1.54, 1.807) is 12.1 Å². The Morgan fingerprint density at radius 2 is 1.84 bits per heavy atom. The zero-order valence-electron chi connectivity index (χ0n) is 14.0. The molecule has 25 heavy (non-hydrogen) atoms. The van der Waals surface area contributed by atoms with Gasteiger partial charge in [-0.05, 0) is 42.0 Å². The highest BCUT2D eigenvalue weighted by atomic mass is 19.1. The fraction of sp³-hybridized carbons (Fsp3) is 0.316. The summed E-state index contributed by atoms with van der Waals surface area (Å²) in [5.74, 6) is 0.788. The summed E-state index contributed by atoms with van der Waals surface area (Å²) in [6.07, 6.45) is -0.778. The number of hydrogen-bond acceptors (Lipinski definition) is 5. The van der Waals surface area contributed by atoms with Crippen molar-refractivity contribution in [3.05, 3.63) is 53.8 Å². The molecule has 0 aliphatic carbocycles. The maximum absolute atomic E-state index is 13.0. The zero-order chi connectivity index (χ0) is 17.8. The lowest BCUT2D eigenvalue weighted by molar-refractivity contribution is -0.155. The first-order chi connectivity index (χ1) is 12.0. The van der Waals surface area contributed by atoms with Crippen LogP contribution in [0.5, 0.6) is 17.2 Å². The van der Waals surface area contributed by atoms with Crippen LogP contribution in [0.4, 0.5) is 4.39 Å². The van der Waals surface area contributed by atoms with Crippen molar-refractivity contribution in [2.75, 3.05) is 6.79 Å². The molecule has 0 fully saturated rings. The second-order valence-electron chi connectivity index (χ2n) is 6.03. The van der Waals surface area contributed by atoms with Gasteiger partial charge in [0.2, 0.25) is 6.79 Å². The second-order valence-corrected chi connectivity index (χ2v) is 6.03. The molecule has 0 spiro atoms. The molecule has 0 amide bonds. The Morgan fingerprint density at radius 3 is 2.56 bits per heavy atom. The predicted octanol–water partition coefficient (Wildman–Crippen LogP) is 3.70. The third-order valence-electron chi connectivity index (χ3n) is 3.73. The Labute approximate surface area is 145 Å². The lowest BCUT2D eigenvalue weighted by Crippen LogP contribution is -2.34. The lowest BCUT2D eigenvalue weighted by Gasteiger charge is -2.21. The van der Waals surface area contributed by atoms with E-state index in [2.05, 4.69) is 0 Å². The summed E-state index contributed by atoms with van der Waals surface area (Å²) >= 11 is 0. The van der Waals surface area contributed by atoms with Gasteiger partial charge in [-0.2, -0.15) is 0 Å². The van der Waals surface area contributed by atoms with Crippen molar-refractivity contribution in [2.45, 2.75) is 26.6 Å². The third-order valence-corrected chi connectivity index (χ3v) is 3.73. The number of carbonyl (C=O) groups excluding carboxylic acids is 1. The molecule has 6 heteroatoms. The van der Waals surface area contributed by atoms with Gasteiger partial charge in [-0.15, -0.1) is 0 Å². The molecule has 1 aliphatic rings. The van der Waals surface area contributed by atoms with Gasteiger partial charge in [0.25, 0.3) is 0 Å². The van der Waals surface area contributed by atoms with Crippen molar-refractivity contribution in [2.24, 2.45) is 5.92 Å². The summed E-state index contributed by atoms with van der Waals surface area (Å²) in [4.78, 5) is 12.4. The first-order valence-electron chi connectivity index (χ1n) is 8.00. The Morgan fingerprint density at radius 1 is 1.12 bits per heavy atom. The first kappa shape index (κ1) is 17.1. The molecular weight excluding hydrogens is 327 g/mol. The topological polar surface area (TPSA) is 54.0 Å². The van der Waals surface area contributed by atoms with Crippen molar-refractivity contribution in [3.63, 3.8) is 0 Å². The third kappa shape index (κ3) is 4.21. The summed E-state index contributed by atoms with van der Waals surface area (Å²) < 4.78 is 34.6. The quantitative estimate of drug-likeness (QED) is 0.747. The number of fused-ring (bicyclic) bond motifs is 1. The number of hydrogen-bond donors (Lipinski definition) is 0. The van der Waals surface area contributed by atoms with E-state index < -0.39 is 12.1 Å². The Hall–Kier alpha value is -2.76. The smallest absolute Gasteiger partial charge is 0.347 e. The van der Waals surface area contributed by atoms with E-state index in [0.29, 0.717) is 17.2 Å². The highest BCUT2D eigenvalue weighted by Crippen LogP contribution is 2.32. The number of carbonyl (C=O) groups is 1. The summed E-state index contributed by atoms with van der Waals surface area (Å²) in [7, 11) is 0. The summed E-state index contributed by atoms with van der Waals surface area (Å²) in [6.45, 7) is 4.01. The van der Waals surface area contributed by atoms with Crippen LogP contribution in [0.25, 0.3) is 0 Å². The molecule has 0 saturated carbocycles. The molecule has 0 radical (unpaired) electrons. The van der Waals surface area contributed by atoms with Crippen LogP contribution in [0.15, 0.2) is 42.5 Å². The average Bonchev–Trinajstić information content (AvgIpc) is 3.06. The van der Waals surface area contributed by atoms with Gasteiger partial charge in [-0.25, -0.2) is 9.18 Å². The molecule has 0 saturated heterocycles. The number of rotatable bonds is 6. The van der Waals surface area contributed by atoms with E-state index in [1.165, 1.54) is 24.3 Å². The van der Waals surface area contributed by atoms with Crippen LogP contribution in [-0.2, 0) is 16.1 Å². The van der Waals surface area contributed by atoms with Crippen LogP contribution in [0.3, 0.4) is 0 Å². The monoisotopic (exact) mass is 346 g/mol. The van der Waals surface area contributed by atoms with Gasteiger partial charge in [0.05, 0.1) is 0 Å². The average molecular weight is 346 g/mol. The molecule has 1 heterocycles. The lowest BCUT2D eigenvalue weighted by atomic mass is 10.1. The second kappa shape index (κ2) is 7.42. The molecule has 0 N–H and O–H groups in total. The van der Waals surface area contributed by atoms with E-state index in [9.17, 15) is 9.18 Å². The molecule has 0 bridgehead atoms. The molecule has 3 rings (SSSR count). The summed E-state index contributed by atoms with van der Waals surface area (Å²) in [5.41, 5.74) is 0.793. The van der Waals surface area contributed by atoms with E-state index in [0.717, 1.165) is 5.56 Å². The maximum Gasteiger partial charge on any atom is 0.347 e. The van der Waals surface area contributed by atoms with E-state index in [1.807, 2.05) is 19.9 Å². The van der Waals surface area contributed by atoms with Crippen LogP contribution in [0.2, 0.25) is 0 Å². The minimum Gasteiger partial charge on any atom is -0.478 e. The van der Waals surface area contributed by atoms with Crippen LogP contribution in [0, 0.1) is 11.7 Å². The summed E-state index contributed by atoms with van der Waals surface area (Å²) in [6, 6.07) is 10.9. The number of esters is 1. The van der Waals surface area contributed by atoms with Crippen molar-refractivity contribution in [1.29, 1.82) is 0 Å². The van der Waals surface area contributed by atoms with Crippen molar-refractivity contribution >= 4 is 5.97 Å². The largest absolute Gasteiger partial charge is 0.478 e. The molecule has 5 nitrogen and oxygen atoms in total. The van der Waals surface area contributed by atoms with Crippen LogP contribution in [-0.4, -0.2) is 18.9 Å². The molecule has 2 aromatic rings. The molecule has 1 atom stereocenters. The van der Waals surface area contributed by atoms with Crippen molar-refractivity contribution in [3.8, 4) is 17.2 Å².